The van der Waals surface area contributed by atoms with Gasteiger partial charge in [0.1, 0.15) is 0 Å². The molecule has 0 aromatic carbocycles. The Bertz CT molecular complexity index is 333. The van der Waals surface area contributed by atoms with E-state index in [1.807, 2.05) is 0 Å². The summed E-state index contributed by atoms with van der Waals surface area (Å²) in [6, 6.07) is -0.710. The highest BCUT2D eigenvalue weighted by Crippen LogP contribution is 2.05. The summed E-state index contributed by atoms with van der Waals surface area (Å²) >= 11 is 0. The fourth-order valence-electron chi connectivity index (χ4n) is 1.90. The van der Waals surface area contributed by atoms with Gasteiger partial charge >= 0.3 is 5.97 Å². The Morgan fingerprint density at radius 3 is 3.29 bits per heavy atom. The fraction of sp³-hybridized carbons (Fsp3) is 0.636. The number of hydrogen-bond donors (Lipinski definition) is 2. The molecule has 2 aliphatic heterocycles. The summed E-state index contributed by atoms with van der Waals surface area (Å²) in [4.78, 5) is 17.0. The molecule has 0 amide bonds. The summed E-state index contributed by atoms with van der Waals surface area (Å²) in [5.74, 6) is -0.904. The third-order valence-electron chi connectivity index (χ3n) is 2.78. The first kappa shape index (κ1) is 12.1. The van der Waals surface area contributed by atoms with Crippen LogP contribution in [0, 0.1) is 0 Å². The number of carbonyl (C=O) groups is 1. The van der Waals surface area contributed by atoms with Crippen molar-refractivity contribution < 1.29 is 14.6 Å². The van der Waals surface area contributed by atoms with Crippen molar-refractivity contribution in [3.63, 3.8) is 0 Å². The molecule has 17 heavy (non-hydrogen) atoms. The van der Waals surface area contributed by atoms with Crippen LogP contribution in [0.4, 0.5) is 0 Å². The average Bonchev–Trinajstić information content (AvgIpc) is 2.58. The molecule has 0 spiro atoms. The number of aliphatic imine (C=N–C) groups is 1. The third-order valence-corrected chi connectivity index (χ3v) is 2.78. The predicted molar refractivity (Wildman–Crippen MR) is 63.0 cm³/mol. The monoisotopic (exact) mass is 239 g/mol. The van der Waals surface area contributed by atoms with Gasteiger partial charge in [-0.1, -0.05) is 0 Å². The Morgan fingerprint density at radius 2 is 2.47 bits per heavy atom. The van der Waals surface area contributed by atoms with Gasteiger partial charge in [-0.05, 0) is 6.42 Å². The highest BCUT2D eigenvalue weighted by Gasteiger charge is 2.19. The Labute approximate surface area is 100.0 Å². The van der Waals surface area contributed by atoms with Gasteiger partial charge in [0.15, 0.2) is 6.04 Å². The number of hydrogen-bond acceptors (Lipinski definition) is 5. The molecule has 0 radical (unpaired) electrons. The third kappa shape index (κ3) is 3.54. The highest BCUT2D eigenvalue weighted by molar-refractivity contribution is 5.94. The molecule has 0 aliphatic carbocycles. The maximum Gasteiger partial charge on any atom is 0.331 e. The topological polar surface area (TPSA) is 74.2 Å². The van der Waals surface area contributed by atoms with Crippen molar-refractivity contribution in [3.8, 4) is 0 Å². The first-order chi connectivity index (χ1) is 8.25. The lowest BCUT2D eigenvalue weighted by molar-refractivity contribution is -0.137. The van der Waals surface area contributed by atoms with Crippen molar-refractivity contribution in [1.29, 1.82) is 0 Å². The molecule has 1 saturated heterocycles. The van der Waals surface area contributed by atoms with E-state index in [0.717, 1.165) is 38.4 Å². The van der Waals surface area contributed by atoms with Crippen LogP contribution in [0.3, 0.4) is 0 Å². The average molecular weight is 239 g/mol. The van der Waals surface area contributed by atoms with E-state index >= 15 is 0 Å². The van der Waals surface area contributed by atoms with Crippen LogP contribution in [-0.2, 0) is 9.53 Å². The number of carboxylic acid groups (broad SMARTS) is 1. The van der Waals surface area contributed by atoms with Gasteiger partial charge in [-0.15, -0.1) is 0 Å². The molecule has 1 atom stereocenters. The Hall–Kier alpha value is -1.40. The lowest BCUT2D eigenvalue weighted by Crippen LogP contribution is -2.42. The number of aliphatic carboxylic acids is 1. The molecule has 2 rings (SSSR count). The normalized spacial score (nSPS) is 25.9. The van der Waals surface area contributed by atoms with E-state index in [4.69, 9.17) is 9.84 Å². The first-order valence-electron chi connectivity index (χ1n) is 5.77. The maximum absolute atomic E-state index is 10.8. The molecule has 6 nitrogen and oxygen atoms in total. The van der Waals surface area contributed by atoms with Crippen molar-refractivity contribution >= 4 is 12.2 Å². The molecule has 0 bridgehead atoms. The van der Waals surface area contributed by atoms with Gasteiger partial charge < -0.3 is 15.2 Å². The summed E-state index contributed by atoms with van der Waals surface area (Å²) in [5, 5.41) is 11.8. The number of nitrogens with zero attached hydrogens (tertiary/aromatic N) is 2. The lowest BCUT2D eigenvalue weighted by Gasteiger charge is -2.24. The van der Waals surface area contributed by atoms with Gasteiger partial charge in [0.25, 0.3) is 0 Å². The van der Waals surface area contributed by atoms with Crippen LogP contribution in [0.25, 0.3) is 0 Å². The van der Waals surface area contributed by atoms with Crippen LogP contribution in [0.15, 0.2) is 16.9 Å². The van der Waals surface area contributed by atoms with E-state index in [-0.39, 0.29) is 0 Å². The molecule has 2 aliphatic rings. The molecule has 1 fully saturated rings. The second-order valence-corrected chi connectivity index (χ2v) is 4.15. The zero-order valence-electron chi connectivity index (χ0n) is 9.63. The Morgan fingerprint density at radius 1 is 1.59 bits per heavy atom. The van der Waals surface area contributed by atoms with E-state index in [0.29, 0.717) is 6.54 Å². The molecule has 6 heteroatoms. The maximum atomic E-state index is 10.8. The molecule has 2 heterocycles. The number of carboxylic acids is 1. The van der Waals surface area contributed by atoms with Crippen LogP contribution in [0.1, 0.15) is 6.42 Å². The van der Waals surface area contributed by atoms with Crippen LogP contribution in [-0.4, -0.2) is 61.1 Å². The van der Waals surface area contributed by atoms with Gasteiger partial charge in [0, 0.05) is 44.4 Å². The molecule has 94 valence electrons. The van der Waals surface area contributed by atoms with Crippen molar-refractivity contribution in [2.24, 2.45) is 4.99 Å². The molecular weight excluding hydrogens is 222 g/mol. The van der Waals surface area contributed by atoms with Crippen molar-refractivity contribution in [2.45, 2.75) is 12.5 Å². The van der Waals surface area contributed by atoms with E-state index in [2.05, 4.69) is 15.2 Å². The van der Waals surface area contributed by atoms with E-state index < -0.39 is 12.0 Å². The summed E-state index contributed by atoms with van der Waals surface area (Å²) in [6.07, 6.45) is 4.10. The molecule has 0 aromatic rings. The molecule has 2 N–H and O–H groups in total. The van der Waals surface area contributed by atoms with Gasteiger partial charge in [0.2, 0.25) is 0 Å². The second kappa shape index (κ2) is 5.79. The van der Waals surface area contributed by atoms with Gasteiger partial charge in [-0.2, -0.15) is 0 Å². The highest BCUT2D eigenvalue weighted by atomic mass is 16.5. The summed E-state index contributed by atoms with van der Waals surface area (Å²) in [6.45, 7) is 4.09. The molecule has 0 saturated carbocycles. The summed E-state index contributed by atoms with van der Waals surface area (Å²) in [7, 11) is 0. The first-order valence-corrected chi connectivity index (χ1v) is 5.77. The van der Waals surface area contributed by atoms with Crippen molar-refractivity contribution in [2.75, 3.05) is 32.8 Å². The number of rotatable bonds is 3. The van der Waals surface area contributed by atoms with E-state index in [9.17, 15) is 4.79 Å². The minimum Gasteiger partial charge on any atom is -0.479 e. The number of nitrogens with one attached hydrogen (secondary N) is 1. The molecular formula is C11H17N3O3. The quantitative estimate of drug-likeness (QED) is 0.706. The van der Waals surface area contributed by atoms with E-state index in [1.54, 1.807) is 6.20 Å². The van der Waals surface area contributed by atoms with E-state index in [1.165, 1.54) is 6.21 Å². The minimum absolute atomic E-state index is 0.699. The van der Waals surface area contributed by atoms with Crippen LogP contribution < -0.4 is 5.32 Å². The summed E-state index contributed by atoms with van der Waals surface area (Å²) in [5.41, 5.74) is 0.849. The summed E-state index contributed by atoms with van der Waals surface area (Å²) < 4.78 is 5.37. The van der Waals surface area contributed by atoms with Crippen molar-refractivity contribution in [1.82, 2.24) is 10.2 Å². The smallest absolute Gasteiger partial charge is 0.331 e. The zero-order valence-corrected chi connectivity index (χ0v) is 9.63. The molecule has 0 aromatic heterocycles. The lowest BCUT2D eigenvalue weighted by atomic mass is 10.2. The zero-order chi connectivity index (χ0) is 12.1. The number of ether oxygens (including phenoxy) is 1. The van der Waals surface area contributed by atoms with Gasteiger partial charge in [-0.25, -0.2) is 4.79 Å². The largest absolute Gasteiger partial charge is 0.479 e. The predicted octanol–water partition coefficient (Wildman–Crippen LogP) is -0.323. The Kier molecular flexibility index (Phi) is 4.11. The van der Waals surface area contributed by atoms with Crippen LogP contribution in [0.5, 0.6) is 0 Å². The van der Waals surface area contributed by atoms with Gasteiger partial charge in [0.05, 0.1) is 6.61 Å². The SMILES string of the molecule is O=C(O)C1C=NC=C(CN2CCCOCC2)N1. The second-order valence-electron chi connectivity index (χ2n) is 4.15. The van der Waals surface area contributed by atoms with Gasteiger partial charge in [-0.3, -0.25) is 9.89 Å². The van der Waals surface area contributed by atoms with Crippen LogP contribution >= 0.6 is 0 Å². The Balaban J connectivity index is 1.88. The van der Waals surface area contributed by atoms with Crippen molar-refractivity contribution in [3.05, 3.63) is 11.9 Å². The fourth-order valence-corrected chi connectivity index (χ4v) is 1.90. The standard InChI is InChI=1S/C11H17N3O3/c15-11(16)10-7-12-6-9(13-10)8-14-2-1-4-17-5-3-14/h6-7,10,13H,1-5,8H2,(H,15,16). The van der Waals surface area contributed by atoms with Crippen LogP contribution in [0.2, 0.25) is 0 Å². The molecule has 1 unspecified atom stereocenters. The minimum atomic E-state index is -0.904.